The maximum Gasteiger partial charge on any atom is 0.271 e. The molecule has 1 atom stereocenters. The summed E-state index contributed by atoms with van der Waals surface area (Å²) in [5.74, 6) is -0.288. The normalized spacial score (nSPS) is 12.0. The monoisotopic (exact) mass is 307 g/mol. The molecule has 0 aliphatic carbocycles. The lowest BCUT2D eigenvalue weighted by Crippen LogP contribution is -2.26. The second kappa shape index (κ2) is 6.98. The number of aliphatic hydroxyl groups excluding tert-OH is 1. The maximum atomic E-state index is 12.1. The number of carbonyl (C=O) groups excluding carboxylic acids is 1. The highest BCUT2D eigenvalue weighted by Crippen LogP contribution is 2.15. The van der Waals surface area contributed by atoms with Gasteiger partial charge in [-0.2, -0.15) is 0 Å². The standard InChI is InChI=1S/C18H17N3O2/c22-17(13-6-2-1-3-7-13)10-11-19-18(23)16-12-20-14-8-4-5-9-15(14)21-16/h1-9,12,17,22H,10-11H2,(H,19,23). The van der Waals surface area contributed by atoms with Crippen LogP contribution < -0.4 is 5.32 Å². The molecule has 2 N–H and O–H groups in total. The third kappa shape index (κ3) is 3.70. The van der Waals surface area contributed by atoms with E-state index in [1.54, 1.807) is 0 Å². The number of para-hydroxylation sites is 2. The topological polar surface area (TPSA) is 75.1 Å². The van der Waals surface area contributed by atoms with E-state index in [0.29, 0.717) is 18.5 Å². The number of rotatable bonds is 5. The summed E-state index contributed by atoms with van der Waals surface area (Å²) in [6.45, 7) is 0.364. The van der Waals surface area contributed by atoms with Gasteiger partial charge in [-0.3, -0.25) is 9.78 Å². The van der Waals surface area contributed by atoms with Crippen molar-refractivity contribution in [2.75, 3.05) is 6.54 Å². The number of hydrogen-bond acceptors (Lipinski definition) is 4. The van der Waals surface area contributed by atoms with Crippen molar-refractivity contribution < 1.29 is 9.90 Å². The van der Waals surface area contributed by atoms with Crippen LogP contribution in [0.3, 0.4) is 0 Å². The number of fused-ring (bicyclic) bond motifs is 1. The fourth-order valence-electron chi connectivity index (χ4n) is 2.32. The van der Waals surface area contributed by atoms with Crippen molar-refractivity contribution in [1.29, 1.82) is 0 Å². The van der Waals surface area contributed by atoms with Gasteiger partial charge < -0.3 is 10.4 Å². The predicted molar refractivity (Wildman–Crippen MR) is 87.9 cm³/mol. The van der Waals surface area contributed by atoms with Gasteiger partial charge in [-0.25, -0.2) is 4.98 Å². The van der Waals surface area contributed by atoms with E-state index < -0.39 is 6.10 Å². The first-order chi connectivity index (χ1) is 11.2. The fourth-order valence-corrected chi connectivity index (χ4v) is 2.32. The Labute approximate surface area is 134 Å². The third-order valence-electron chi connectivity index (χ3n) is 3.57. The Hall–Kier alpha value is -2.79. The van der Waals surface area contributed by atoms with Crippen LogP contribution in [0.2, 0.25) is 0 Å². The first kappa shape index (κ1) is 15.1. The molecule has 1 unspecified atom stereocenters. The lowest BCUT2D eigenvalue weighted by molar-refractivity contribution is 0.0937. The number of benzene rings is 2. The molecule has 0 bridgehead atoms. The van der Waals surface area contributed by atoms with E-state index in [1.807, 2.05) is 54.6 Å². The summed E-state index contributed by atoms with van der Waals surface area (Å²) in [5.41, 5.74) is 2.55. The van der Waals surface area contributed by atoms with Crippen LogP contribution >= 0.6 is 0 Å². The molecule has 5 heteroatoms. The first-order valence-electron chi connectivity index (χ1n) is 7.47. The number of carbonyl (C=O) groups is 1. The van der Waals surface area contributed by atoms with Crippen LogP contribution in [-0.4, -0.2) is 27.5 Å². The summed E-state index contributed by atoms with van der Waals surface area (Å²) in [5, 5.41) is 12.8. The number of nitrogens with one attached hydrogen (secondary N) is 1. The summed E-state index contributed by atoms with van der Waals surface area (Å²) in [4.78, 5) is 20.6. The molecule has 5 nitrogen and oxygen atoms in total. The fraction of sp³-hybridized carbons (Fsp3) is 0.167. The van der Waals surface area contributed by atoms with Gasteiger partial charge in [-0.05, 0) is 24.1 Å². The summed E-state index contributed by atoms with van der Waals surface area (Å²) in [6.07, 6.45) is 1.31. The number of aromatic nitrogens is 2. The zero-order valence-corrected chi connectivity index (χ0v) is 12.5. The zero-order valence-electron chi connectivity index (χ0n) is 12.5. The average Bonchev–Trinajstić information content (AvgIpc) is 2.61. The van der Waals surface area contributed by atoms with Crippen molar-refractivity contribution in [3.05, 3.63) is 72.1 Å². The third-order valence-corrected chi connectivity index (χ3v) is 3.57. The average molecular weight is 307 g/mol. The number of nitrogens with zero attached hydrogens (tertiary/aromatic N) is 2. The molecule has 0 fully saturated rings. The highest BCUT2D eigenvalue weighted by Gasteiger charge is 2.11. The molecular weight excluding hydrogens is 290 g/mol. The van der Waals surface area contributed by atoms with Gasteiger partial charge in [-0.1, -0.05) is 42.5 Å². The highest BCUT2D eigenvalue weighted by atomic mass is 16.3. The van der Waals surface area contributed by atoms with Gasteiger partial charge in [0.1, 0.15) is 5.69 Å². The van der Waals surface area contributed by atoms with Gasteiger partial charge in [0.15, 0.2) is 0 Å². The Kier molecular flexibility index (Phi) is 4.59. The van der Waals surface area contributed by atoms with Gasteiger partial charge >= 0.3 is 0 Å². The van der Waals surface area contributed by atoms with E-state index in [2.05, 4.69) is 15.3 Å². The maximum absolute atomic E-state index is 12.1. The second-order valence-corrected chi connectivity index (χ2v) is 5.22. The number of amides is 1. The molecule has 3 rings (SSSR count). The van der Waals surface area contributed by atoms with Gasteiger partial charge in [0.05, 0.1) is 23.3 Å². The van der Waals surface area contributed by atoms with Crippen molar-refractivity contribution in [2.45, 2.75) is 12.5 Å². The Bertz CT molecular complexity index is 805. The summed E-state index contributed by atoms with van der Waals surface area (Å²) < 4.78 is 0. The molecule has 3 aromatic rings. The molecule has 0 aliphatic heterocycles. The van der Waals surface area contributed by atoms with E-state index in [0.717, 1.165) is 11.1 Å². The predicted octanol–water partition coefficient (Wildman–Crippen LogP) is 2.48. The summed E-state index contributed by atoms with van der Waals surface area (Å²) in [7, 11) is 0. The Morgan fingerprint density at radius 1 is 1.04 bits per heavy atom. The van der Waals surface area contributed by atoms with Crippen molar-refractivity contribution in [3.63, 3.8) is 0 Å². The Morgan fingerprint density at radius 2 is 1.74 bits per heavy atom. The molecule has 0 radical (unpaired) electrons. The first-order valence-corrected chi connectivity index (χ1v) is 7.47. The minimum atomic E-state index is -0.598. The van der Waals surface area contributed by atoms with E-state index in [9.17, 15) is 9.90 Å². The molecule has 0 saturated heterocycles. The van der Waals surface area contributed by atoms with Crippen molar-refractivity contribution in [2.24, 2.45) is 0 Å². The minimum absolute atomic E-state index is 0.276. The van der Waals surface area contributed by atoms with Crippen LogP contribution in [0.15, 0.2) is 60.8 Å². The molecule has 116 valence electrons. The van der Waals surface area contributed by atoms with E-state index in [1.165, 1.54) is 6.20 Å². The number of hydrogen-bond donors (Lipinski definition) is 2. The van der Waals surface area contributed by atoms with Gasteiger partial charge in [0, 0.05) is 6.54 Å². The van der Waals surface area contributed by atoms with Crippen LogP contribution in [0.4, 0.5) is 0 Å². The quantitative estimate of drug-likeness (QED) is 0.759. The molecule has 0 saturated carbocycles. The van der Waals surface area contributed by atoms with Crippen molar-refractivity contribution in [3.8, 4) is 0 Å². The van der Waals surface area contributed by atoms with E-state index >= 15 is 0 Å². The summed E-state index contributed by atoms with van der Waals surface area (Å²) >= 11 is 0. The van der Waals surface area contributed by atoms with Crippen LogP contribution in [0.1, 0.15) is 28.6 Å². The smallest absolute Gasteiger partial charge is 0.271 e. The Balaban J connectivity index is 1.58. The molecule has 1 aromatic heterocycles. The van der Waals surface area contributed by atoms with Gasteiger partial charge in [0.2, 0.25) is 0 Å². The Morgan fingerprint density at radius 3 is 2.52 bits per heavy atom. The summed E-state index contributed by atoms with van der Waals surface area (Å²) in [6, 6.07) is 16.8. The van der Waals surface area contributed by atoms with Gasteiger partial charge in [-0.15, -0.1) is 0 Å². The van der Waals surface area contributed by atoms with Crippen molar-refractivity contribution in [1.82, 2.24) is 15.3 Å². The molecule has 23 heavy (non-hydrogen) atoms. The lowest BCUT2D eigenvalue weighted by Gasteiger charge is -2.11. The molecule has 1 heterocycles. The van der Waals surface area contributed by atoms with Crippen LogP contribution in [0.25, 0.3) is 11.0 Å². The molecule has 0 aliphatic rings. The van der Waals surface area contributed by atoms with Crippen molar-refractivity contribution >= 4 is 16.9 Å². The van der Waals surface area contributed by atoms with E-state index in [4.69, 9.17) is 0 Å². The van der Waals surface area contributed by atoms with Crippen LogP contribution in [0.5, 0.6) is 0 Å². The van der Waals surface area contributed by atoms with E-state index in [-0.39, 0.29) is 11.6 Å². The molecule has 0 spiro atoms. The minimum Gasteiger partial charge on any atom is -0.388 e. The molecule has 2 aromatic carbocycles. The van der Waals surface area contributed by atoms with Crippen LogP contribution in [-0.2, 0) is 0 Å². The molecule has 1 amide bonds. The lowest BCUT2D eigenvalue weighted by atomic mass is 10.1. The molecular formula is C18H17N3O2. The van der Waals surface area contributed by atoms with Gasteiger partial charge in [0.25, 0.3) is 5.91 Å². The largest absolute Gasteiger partial charge is 0.388 e. The highest BCUT2D eigenvalue weighted by molar-refractivity contribution is 5.93. The second-order valence-electron chi connectivity index (χ2n) is 5.22. The zero-order chi connectivity index (χ0) is 16.1. The number of aliphatic hydroxyl groups is 1. The van der Waals surface area contributed by atoms with Crippen LogP contribution in [0, 0.1) is 0 Å². The SMILES string of the molecule is O=C(NCCC(O)c1ccccc1)c1cnc2ccccc2n1.